The Balaban J connectivity index is 1.88. The number of aryl methyl sites for hydroxylation is 2. The van der Waals surface area contributed by atoms with Crippen LogP contribution in [0.5, 0.6) is 0 Å². The van der Waals surface area contributed by atoms with Crippen LogP contribution in [0.1, 0.15) is 29.9 Å². The van der Waals surface area contributed by atoms with Crippen LogP contribution < -0.4 is 4.90 Å². The van der Waals surface area contributed by atoms with Crippen LogP contribution >= 0.6 is 0 Å². The SMILES string of the molecule is CCOCC1CN(c2ccc(C)nn2)Cc2ncn(C)c21. The third-order valence-corrected chi connectivity index (χ3v) is 3.86. The number of ether oxygens (including phenoxy) is 1. The molecule has 1 unspecified atom stereocenters. The molecule has 0 bridgehead atoms. The van der Waals surface area contributed by atoms with Gasteiger partial charge in [-0.05, 0) is 26.0 Å². The lowest BCUT2D eigenvalue weighted by molar-refractivity contribution is 0.129. The van der Waals surface area contributed by atoms with Gasteiger partial charge in [-0.1, -0.05) is 0 Å². The van der Waals surface area contributed by atoms with E-state index in [2.05, 4.69) is 24.6 Å². The molecule has 112 valence electrons. The first kappa shape index (κ1) is 14.0. The number of imidazole rings is 1. The van der Waals surface area contributed by atoms with Crippen LogP contribution in [0.25, 0.3) is 0 Å². The number of nitrogens with zero attached hydrogens (tertiary/aromatic N) is 5. The van der Waals surface area contributed by atoms with Gasteiger partial charge in [0, 0.05) is 31.8 Å². The molecule has 0 aliphatic carbocycles. The van der Waals surface area contributed by atoms with Gasteiger partial charge in [-0.3, -0.25) is 0 Å². The van der Waals surface area contributed by atoms with Crippen LogP contribution in [0, 0.1) is 6.92 Å². The number of aromatic nitrogens is 4. The Hall–Kier alpha value is -1.95. The summed E-state index contributed by atoms with van der Waals surface area (Å²) in [5, 5.41) is 8.45. The molecule has 6 nitrogen and oxygen atoms in total. The van der Waals surface area contributed by atoms with E-state index in [1.54, 1.807) is 0 Å². The quantitative estimate of drug-likeness (QED) is 0.856. The van der Waals surface area contributed by atoms with E-state index in [0.29, 0.717) is 12.5 Å². The molecule has 0 spiro atoms. The van der Waals surface area contributed by atoms with Crippen molar-refractivity contribution in [1.82, 2.24) is 19.7 Å². The molecule has 21 heavy (non-hydrogen) atoms. The second kappa shape index (κ2) is 5.81. The molecule has 6 heteroatoms. The van der Waals surface area contributed by atoms with Crippen LogP contribution in [0.4, 0.5) is 5.82 Å². The molecule has 3 rings (SSSR count). The summed E-state index contributed by atoms with van der Waals surface area (Å²) in [6.45, 7) is 7.06. The highest BCUT2D eigenvalue weighted by molar-refractivity contribution is 5.42. The van der Waals surface area contributed by atoms with Crippen LogP contribution in [0.3, 0.4) is 0 Å². The second-order valence-corrected chi connectivity index (χ2v) is 5.46. The third-order valence-electron chi connectivity index (χ3n) is 3.86. The largest absolute Gasteiger partial charge is 0.381 e. The van der Waals surface area contributed by atoms with Crippen molar-refractivity contribution >= 4 is 5.82 Å². The van der Waals surface area contributed by atoms with Gasteiger partial charge in [0.2, 0.25) is 0 Å². The average molecular weight is 287 g/mol. The Labute approximate surface area is 124 Å². The molecule has 1 atom stereocenters. The van der Waals surface area contributed by atoms with Crippen molar-refractivity contribution in [2.75, 3.05) is 24.7 Å². The van der Waals surface area contributed by atoms with Gasteiger partial charge >= 0.3 is 0 Å². The average Bonchev–Trinajstić information content (AvgIpc) is 2.87. The van der Waals surface area contributed by atoms with E-state index in [4.69, 9.17) is 4.74 Å². The van der Waals surface area contributed by atoms with Crippen molar-refractivity contribution in [3.8, 4) is 0 Å². The van der Waals surface area contributed by atoms with E-state index in [1.165, 1.54) is 5.69 Å². The molecule has 0 saturated heterocycles. The lowest BCUT2D eigenvalue weighted by Gasteiger charge is -2.33. The highest BCUT2D eigenvalue weighted by Gasteiger charge is 2.29. The fraction of sp³-hybridized carbons (Fsp3) is 0.533. The smallest absolute Gasteiger partial charge is 0.151 e. The van der Waals surface area contributed by atoms with Crippen molar-refractivity contribution in [1.29, 1.82) is 0 Å². The highest BCUT2D eigenvalue weighted by atomic mass is 16.5. The van der Waals surface area contributed by atoms with Gasteiger partial charge in [0.05, 0.1) is 30.9 Å². The molecule has 0 amide bonds. The molecule has 2 aromatic rings. The summed E-state index contributed by atoms with van der Waals surface area (Å²) < 4.78 is 7.76. The highest BCUT2D eigenvalue weighted by Crippen LogP contribution is 2.29. The molecular weight excluding hydrogens is 266 g/mol. The number of rotatable bonds is 4. The summed E-state index contributed by atoms with van der Waals surface area (Å²) >= 11 is 0. The zero-order chi connectivity index (χ0) is 14.8. The normalized spacial score (nSPS) is 17.9. The summed E-state index contributed by atoms with van der Waals surface area (Å²) in [7, 11) is 2.05. The fourth-order valence-corrected chi connectivity index (χ4v) is 2.86. The lowest BCUT2D eigenvalue weighted by atomic mass is 9.99. The Morgan fingerprint density at radius 1 is 1.33 bits per heavy atom. The van der Waals surface area contributed by atoms with E-state index >= 15 is 0 Å². The first-order chi connectivity index (χ1) is 10.2. The third kappa shape index (κ3) is 2.76. The molecule has 3 heterocycles. The minimum atomic E-state index is 0.310. The van der Waals surface area contributed by atoms with E-state index in [0.717, 1.165) is 36.9 Å². The topological polar surface area (TPSA) is 56.1 Å². The number of anilines is 1. The van der Waals surface area contributed by atoms with Crippen LogP contribution in [0.2, 0.25) is 0 Å². The Morgan fingerprint density at radius 3 is 2.90 bits per heavy atom. The lowest BCUT2D eigenvalue weighted by Crippen LogP contribution is -2.37. The standard InChI is InChI=1S/C15H21N5O/c1-4-21-9-12-7-20(14-6-5-11(2)17-18-14)8-13-15(12)19(3)10-16-13/h5-6,10,12H,4,7-9H2,1-3H3. The Morgan fingerprint density at radius 2 is 2.19 bits per heavy atom. The van der Waals surface area contributed by atoms with E-state index in [9.17, 15) is 0 Å². The van der Waals surface area contributed by atoms with Crippen molar-refractivity contribution < 1.29 is 4.74 Å². The predicted octanol–water partition coefficient (Wildman–Crippen LogP) is 1.66. The van der Waals surface area contributed by atoms with Gasteiger partial charge in [-0.2, -0.15) is 5.10 Å². The van der Waals surface area contributed by atoms with Gasteiger partial charge in [-0.15, -0.1) is 5.10 Å². The van der Waals surface area contributed by atoms with E-state index < -0.39 is 0 Å². The van der Waals surface area contributed by atoms with Crippen molar-refractivity contribution in [2.24, 2.45) is 7.05 Å². The zero-order valence-electron chi connectivity index (χ0n) is 12.8. The van der Waals surface area contributed by atoms with E-state index in [1.807, 2.05) is 39.4 Å². The Kier molecular flexibility index (Phi) is 3.88. The first-order valence-electron chi connectivity index (χ1n) is 7.32. The first-order valence-corrected chi connectivity index (χ1v) is 7.32. The van der Waals surface area contributed by atoms with Crippen molar-refractivity contribution in [3.63, 3.8) is 0 Å². The zero-order valence-corrected chi connectivity index (χ0v) is 12.8. The summed E-state index contributed by atoms with van der Waals surface area (Å²) in [4.78, 5) is 6.75. The number of hydrogen-bond donors (Lipinski definition) is 0. The van der Waals surface area contributed by atoms with Crippen LogP contribution in [0.15, 0.2) is 18.5 Å². The molecule has 0 saturated carbocycles. The summed E-state index contributed by atoms with van der Waals surface area (Å²) in [5.41, 5.74) is 3.32. The van der Waals surface area contributed by atoms with Gasteiger partial charge < -0.3 is 14.2 Å². The van der Waals surface area contributed by atoms with Gasteiger partial charge in [0.25, 0.3) is 0 Å². The number of fused-ring (bicyclic) bond motifs is 1. The summed E-state index contributed by atoms with van der Waals surface area (Å²) in [6.07, 6.45) is 1.88. The summed E-state index contributed by atoms with van der Waals surface area (Å²) in [6, 6.07) is 4.02. The maximum atomic E-state index is 5.65. The molecule has 2 aromatic heterocycles. The molecule has 1 aliphatic rings. The molecule has 0 N–H and O–H groups in total. The molecule has 0 aromatic carbocycles. The maximum Gasteiger partial charge on any atom is 0.151 e. The fourth-order valence-electron chi connectivity index (χ4n) is 2.86. The number of hydrogen-bond acceptors (Lipinski definition) is 5. The minimum Gasteiger partial charge on any atom is -0.381 e. The van der Waals surface area contributed by atoms with E-state index in [-0.39, 0.29) is 0 Å². The van der Waals surface area contributed by atoms with Gasteiger partial charge in [-0.25, -0.2) is 4.98 Å². The molecule has 0 fully saturated rings. The minimum absolute atomic E-state index is 0.310. The molecule has 1 aliphatic heterocycles. The van der Waals surface area contributed by atoms with Crippen molar-refractivity contribution in [2.45, 2.75) is 26.3 Å². The maximum absolute atomic E-state index is 5.65. The van der Waals surface area contributed by atoms with Crippen LogP contribution in [-0.4, -0.2) is 39.5 Å². The van der Waals surface area contributed by atoms with Gasteiger partial charge in [0.15, 0.2) is 5.82 Å². The monoisotopic (exact) mass is 287 g/mol. The molecule has 0 radical (unpaired) electrons. The predicted molar refractivity (Wildman–Crippen MR) is 80.3 cm³/mol. The second-order valence-electron chi connectivity index (χ2n) is 5.46. The van der Waals surface area contributed by atoms with Crippen LogP contribution in [-0.2, 0) is 18.3 Å². The Bertz CT molecular complexity index is 607. The van der Waals surface area contributed by atoms with Crippen molar-refractivity contribution in [3.05, 3.63) is 35.5 Å². The summed E-state index contributed by atoms with van der Waals surface area (Å²) in [5.74, 6) is 1.21. The molecular formula is C15H21N5O. The van der Waals surface area contributed by atoms with Gasteiger partial charge in [0.1, 0.15) is 0 Å².